The van der Waals surface area contributed by atoms with Crippen LogP contribution in [-0.4, -0.2) is 27.7 Å². The Balaban J connectivity index is 2.26. The molecule has 0 bridgehead atoms. The molecule has 0 aliphatic carbocycles. The van der Waals surface area contributed by atoms with E-state index in [1.807, 2.05) is 19.1 Å². The second-order valence-electron chi connectivity index (χ2n) is 3.90. The van der Waals surface area contributed by atoms with Crippen LogP contribution in [0.2, 0.25) is 0 Å². The number of imidazole rings is 1. The van der Waals surface area contributed by atoms with Gasteiger partial charge in [0.2, 0.25) is 0 Å². The zero-order chi connectivity index (χ0) is 13.7. The van der Waals surface area contributed by atoms with Crippen molar-refractivity contribution in [3.63, 3.8) is 0 Å². The first kappa shape index (κ1) is 12.7. The molecule has 0 saturated heterocycles. The molecule has 1 aromatic heterocycles. The number of carbonyl (C=O) groups is 1. The van der Waals surface area contributed by atoms with Crippen LogP contribution < -0.4 is 4.74 Å². The maximum absolute atomic E-state index is 10.5. The average Bonchev–Trinajstić information content (AvgIpc) is 2.88. The van der Waals surface area contributed by atoms with Gasteiger partial charge in [-0.25, -0.2) is 9.78 Å². The Kier molecular flexibility index (Phi) is 3.84. The molecule has 0 spiro atoms. The van der Waals surface area contributed by atoms with Gasteiger partial charge in [0.05, 0.1) is 18.1 Å². The number of aromatic amines is 1. The molecule has 5 nitrogen and oxygen atoms in total. The molecule has 19 heavy (non-hydrogen) atoms. The lowest BCUT2D eigenvalue weighted by Crippen LogP contribution is -2.10. The van der Waals surface area contributed by atoms with Gasteiger partial charge in [0.15, 0.2) is 6.61 Å². The van der Waals surface area contributed by atoms with Crippen molar-refractivity contribution >= 4 is 5.97 Å². The SMILES string of the molecule is Cc1ccc(OCC(=O)O)c(C#Cc2cnc[nH]2)c1. The zero-order valence-electron chi connectivity index (χ0n) is 10.3. The van der Waals surface area contributed by atoms with E-state index in [-0.39, 0.29) is 6.61 Å². The molecule has 0 unspecified atom stereocenters. The van der Waals surface area contributed by atoms with Gasteiger partial charge in [-0.3, -0.25) is 0 Å². The van der Waals surface area contributed by atoms with Gasteiger partial charge in [0.25, 0.3) is 0 Å². The van der Waals surface area contributed by atoms with E-state index in [1.54, 1.807) is 18.6 Å². The number of carboxylic acids is 1. The van der Waals surface area contributed by atoms with Crippen molar-refractivity contribution in [3.8, 4) is 17.6 Å². The van der Waals surface area contributed by atoms with E-state index >= 15 is 0 Å². The van der Waals surface area contributed by atoms with Crippen molar-refractivity contribution in [2.75, 3.05) is 6.61 Å². The Labute approximate surface area is 110 Å². The molecule has 0 saturated carbocycles. The lowest BCUT2D eigenvalue weighted by Gasteiger charge is -2.06. The summed E-state index contributed by atoms with van der Waals surface area (Å²) in [4.78, 5) is 17.3. The number of ether oxygens (including phenoxy) is 1. The van der Waals surface area contributed by atoms with E-state index < -0.39 is 5.97 Å². The number of aliphatic carboxylic acids is 1. The summed E-state index contributed by atoms with van der Waals surface area (Å²) in [5.74, 6) is 5.28. The molecule has 0 atom stereocenters. The minimum atomic E-state index is -1.02. The maximum atomic E-state index is 10.5. The molecule has 0 aliphatic heterocycles. The van der Waals surface area contributed by atoms with Crippen molar-refractivity contribution in [2.24, 2.45) is 0 Å². The molecular formula is C14H12N2O3. The van der Waals surface area contributed by atoms with Crippen LogP contribution in [0.15, 0.2) is 30.7 Å². The highest BCUT2D eigenvalue weighted by atomic mass is 16.5. The van der Waals surface area contributed by atoms with Crippen LogP contribution in [-0.2, 0) is 4.79 Å². The van der Waals surface area contributed by atoms with Crippen molar-refractivity contribution in [3.05, 3.63) is 47.5 Å². The Bertz CT molecular complexity index is 636. The normalized spacial score (nSPS) is 9.53. The Morgan fingerprint density at radius 3 is 3.00 bits per heavy atom. The quantitative estimate of drug-likeness (QED) is 0.817. The van der Waals surface area contributed by atoms with E-state index in [0.29, 0.717) is 17.0 Å². The maximum Gasteiger partial charge on any atom is 0.341 e. The number of H-pyrrole nitrogens is 1. The van der Waals surface area contributed by atoms with Crippen LogP contribution in [0.3, 0.4) is 0 Å². The second kappa shape index (κ2) is 5.74. The summed E-state index contributed by atoms with van der Waals surface area (Å²) in [6.45, 7) is 1.55. The molecule has 96 valence electrons. The summed E-state index contributed by atoms with van der Waals surface area (Å²) in [6.07, 6.45) is 3.16. The van der Waals surface area contributed by atoms with E-state index in [0.717, 1.165) is 5.56 Å². The average molecular weight is 256 g/mol. The van der Waals surface area contributed by atoms with Crippen LogP contribution in [0, 0.1) is 18.8 Å². The van der Waals surface area contributed by atoms with Crippen molar-refractivity contribution in [2.45, 2.75) is 6.92 Å². The number of aromatic nitrogens is 2. The zero-order valence-corrected chi connectivity index (χ0v) is 10.3. The molecule has 0 fully saturated rings. The van der Waals surface area contributed by atoms with Crippen molar-refractivity contribution < 1.29 is 14.6 Å². The first-order valence-electron chi connectivity index (χ1n) is 5.61. The summed E-state index contributed by atoms with van der Waals surface area (Å²) in [5, 5.41) is 8.63. The summed E-state index contributed by atoms with van der Waals surface area (Å²) < 4.78 is 5.20. The third-order valence-electron chi connectivity index (χ3n) is 2.32. The fraction of sp³-hybridized carbons (Fsp3) is 0.143. The van der Waals surface area contributed by atoms with Gasteiger partial charge in [0.1, 0.15) is 11.4 Å². The number of rotatable bonds is 3. The smallest absolute Gasteiger partial charge is 0.341 e. The fourth-order valence-corrected chi connectivity index (χ4v) is 1.47. The molecular weight excluding hydrogens is 244 g/mol. The van der Waals surface area contributed by atoms with E-state index in [4.69, 9.17) is 9.84 Å². The summed E-state index contributed by atoms with van der Waals surface area (Å²) in [6, 6.07) is 5.41. The lowest BCUT2D eigenvalue weighted by atomic mass is 10.1. The summed E-state index contributed by atoms with van der Waals surface area (Å²) >= 11 is 0. The molecule has 0 aliphatic rings. The van der Waals surface area contributed by atoms with E-state index in [9.17, 15) is 4.79 Å². The van der Waals surface area contributed by atoms with Gasteiger partial charge in [-0.2, -0.15) is 0 Å². The number of nitrogens with zero attached hydrogens (tertiary/aromatic N) is 1. The largest absolute Gasteiger partial charge is 0.481 e. The van der Waals surface area contributed by atoms with Gasteiger partial charge in [-0.05, 0) is 30.5 Å². The van der Waals surface area contributed by atoms with Crippen LogP contribution in [0.1, 0.15) is 16.8 Å². The number of aryl methyl sites for hydroxylation is 1. The predicted octanol–water partition coefficient (Wildman–Crippen LogP) is 1.58. The van der Waals surface area contributed by atoms with Crippen LogP contribution in [0.4, 0.5) is 0 Å². The number of benzene rings is 1. The fourth-order valence-electron chi connectivity index (χ4n) is 1.47. The summed E-state index contributed by atoms with van der Waals surface area (Å²) in [7, 11) is 0. The molecule has 2 aromatic rings. The third-order valence-corrected chi connectivity index (χ3v) is 2.32. The van der Waals surface area contributed by atoms with E-state index in [2.05, 4.69) is 21.8 Å². The molecule has 1 aromatic carbocycles. The molecule has 2 N–H and O–H groups in total. The van der Waals surface area contributed by atoms with Gasteiger partial charge >= 0.3 is 5.97 Å². The van der Waals surface area contributed by atoms with Gasteiger partial charge in [-0.15, -0.1) is 0 Å². The van der Waals surface area contributed by atoms with Gasteiger partial charge in [0, 0.05) is 0 Å². The summed E-state index contributed by atoms with van der Waals surface area (Å²) in [5.41, 5.74) is 2.36. The van der Waals surface area contributed by atoms with Gasteiger partial charge in [-0.1, -0.05) is 12.0 Å². The monoisotopic (exact) mass is 256 g/mol. The first-order chi connectivity index (χ1) is 9.15. The van der Waals surface area contributed by atoms with Crippen molar-refractivity contribution in [1.29, 1.82) is 0 Å². The minimum absolute atomic E-state index is 0.387. The van der Waals surface area contributed by atoms with Gasteiger partial charge < -0.3 is 14.8 Å². The number of hydrogen-bond acceptors (Lipinski definition) is 3. The minimum Gasteiger partial charge on any atom is -0.481 e. The molecule has 1 heterocycles. The van der Waals surface area contributed by atoms with Crippen LogP contribution in [0.5, 0.6) is 5.75 Å². The lowest BCUT2D eigenvalue weighted by molar-refractivity contribution is -0.139. The molecule has 0 radical (unpaired) electrons. The highest BCUT2D eigenvalue weighted by Gasteiger charge is 2.04. The Hall–Kier alpha value is -2.74. The standard InChI is InChI=1S/C14H12N2O3/c1-10-2-5-13(19-8-14(17)18)11(6-10)3-4-12-7-15-9-16-12/h2,5-7,9H,8H2,1H3,(H,15,16)(H,17,18). The second-order valence-corrected chi connectivity index (χ2v) is 3.90. The highest BCUT2D eigenvalue weighted by molar-refractivity contribution is 5.68. The highest BCUT2D eigenvalue weighted by Crippen LogP contribution is 2.19. The number of carboxylic acid groups (broad SMARTS) is 1. The number of nitrogens with one attached hydrogen (secondary N) is 1. The first-order valence-corrected chi connectivity index (χ1v) is 5.61. The van der Waals surface area contributed by atoms with Crippen LogP contribution >= 0.6 is 0 Å². The molecule has 0 amide bonds. The molecule has 2 rings (SSSR count). The Morgan fingerprint density at radius 2 is 2.32 bits per heavy atom. The van der Waals surface area contributed by atoms with Crippen molar-refractivity contribution in [1.82, 2.24) is 9.97 Å². The van der Waals surface area contributed by atoms with E-state index in [1.165, 1.54) is 0 Å². The van der Waals surface area contributed by atoms with Crippen LogP contribution in [0.25, 0.3) is 0 Å². The number of hydrogen-bond donors (Lipinski definition) is 2. The topological polar surface area (TPSA) is 75.2 Å². The third kappa shape index (κ3) is 3.61. The molecule has 5 heteroatoms. The predicted molar refractivity (Wildman–Crippen MR) is 68.9 cm³/mol. The Morgan fingerprint density at radius 1 is 1.47 bits per heavy atom.